The number of fused-ring (bicyclic) bond motifs is 2. The SMILES string of the molecule is CC(NC(=O)c1cn(C)nc1-c1ccc2c(c1)OCCCO2)c1cccc2ccccc12. The Balaban J connectivity index is 1.45. The molecule has 6 heteroatoms. The fraction of sp³-hybridized carbons (Fsp3) is 0.231. The van der Waals surface area contributed by atoms with Crippen LogP contribution in [0.3, 0.4) is 0 Å². The Morgan fingerprint density at radius 3 is 2.69 bits per heavy atom. The van der Waals surface area contributed by atoms with E-state index in [1.807, 2.05) is 50.4 Å². The molecule has 6 nitrogen and oxygen atoms in total. The van der Waals surface area contributed by atoms with Crippen LogP contribution in [0.2, 0.25) is 0 Å². The molecule has 1 aromatic heterocycles. The van der Waals surface area contributed by atoms with Crippen molar-refractivity contribution in [1.29, 1.82) is 0 Å². The van der Waals surface area contributed by atoms with Crippen molar-refractivity contribution in [3.05, 3.63) is 78.0 Å². The van der Waals surface area contributed by atoms with E-state index in [0.29, 0.717) is 30.2 Å². The van der Waals surface area contributed by atoms with E-state index in [0.717, 1.165) is 34.1 Å². The van der Waals surface area contributed by atoms with Crippen LogP contribution in [0.25, 0.3) is 22.0 Å². The Morgan fingerprint density at radius 2 is 1.81 bits per heavy atom. The Morgan fingerprint density at radius 1 is 1.03 bits per heavy atom. The maximum absolute atomic E-state index is 13.3. The monoisotopic (exact) mass is 427 g/mol. The van der Waals surface area contributed by atoms with Gasteiger partial charge in [0.25, 0.3) is 5.91 Å². The number of aryl methyl sites for hydroxylation is 1. The molecule has 32 heavy (non-hydrogen) atoms. The molecule has 2 heterocycles. The zero-order valence-corrected chi connectivity index (χ0v) is 18.2. The third kappa shape index (κ3) is 3.80. The van der Waals surface area contributed by atoms with Gasteiger partial charge in [0, 0.05) is 25.2 Å². The highest BCUT2D eigenvalue weighted by Gasteiger charge is 2.21. The molecular formula is C26H25N3O3. The lowest BCUT2D eigenvalue weighted by Gasteiger charge is -2.17. The molecule has 3 aromatic carbocycles. The van der Waals surface area contributed by atoms with Gasteiger partial charge >= 0.3 is 0 Å². The second-order valence-electron chi connectivity index (χ2n) is 8.04. The first-order chi connectivity index (χ1) is 15.6. The van der Waals surface area contributed by atoms with Crippen LogP contribution in [0.1, 0.15) is 35.3 Å². The van der Waals surface area contributed by atoms with Gasteiger partial charge in [0.2, 0.25) is 0 Å². The van der Waals surface area contributed by atoms with E-state index < -0.39 is 0 Å². The standard InChI is InChI=1S/C26H25N3O3/c1-17(20-10-5-8-18-7-3-4-9-21(18)20)27-26(30)22-16-29(2)28-25(22)19-11-12-23-24(15-19)32-14-6-13-31-23/h3-5,7-12,15-17H,6,13-14H2,1-2H3,(H,27,30). The fourth-order valence-corrected chi connectivity index (χ4v) is 4.16. The maximum Gasteiger partial charge on any atom is 0.255 e. The molecule has 0 saturated carbocycles. The van der Waals surface area contributed by atoms with E-state index in [9.17, 15) is 4.79 Å². The summed E-state index contributed by atoms with van der Waals surface area (Å²) in [5.74, 6) is 1.24. The molecule has 1 aliphatic rings. The summed E-state index contributed by atoms with van der Waals surface area (Å²) in [7, 11) is 1.82. The average molecular weight is 428 g/mol. The van der Waals surface area contributed by atoms with Crippen molar-refractivity contribution in [2.75, 3.05) is 13.2 Å². The first kappa shape index (κ1) is 20.1. The molecule has 4 aromatic rings. The third-order valence-electron chi connectivity index (χ3n) is 5.73. The molecule has 1 N–H and O–H groups in total. The van der Waals surface area contributed by atoms with Crippen molar-refractivity contribution in [3.63, 3.8) is 0 Å². The minimum atomic E-state index is -0.166. The largest absolute Gasteiger partial charge is 0.490 e. The second-order valence-corrected chi connectivity index (χ2v) is 8.04. The van der Waals surface area contributed by atoms with Crippen LogP contribution in [0.15, 0.2) is 66.9 Å². The highest BCUT2D eigenvalue weighted by molar-refractivity contribution is 6.00. The summed E-state index contributed by atoms with van der Waals surface area (Å²) in [6, 6.07) is 19.9. The van der Waals surface area contributed by atoms with Crippen LogP contribution >= 0.6 is 0 Å². The van der Waals surface area contributed by atoms with Crippen LogP contribution in [-0.2, 0) is 7.05 Å². The quantitative estimate of drug-likeness (QED) is 0.504. The summed E-state index contributed by atoms with van der Waals surface area (Å²) in [4.78, 5) is 13.3. The number of hydrogen-bond acceptors (Lipinski definition) is 4. The van der Waals surface area contributed by atoms with Gasteiger partial charge in [-0.25, -0.2) is 0 Å². The van der Waals surface area contributed by atoms with Gasteiger partial charge in [-0.15, -0.1) is 0 Å². The fourth-order valence-electron chi connectivity index (χ4n) is 4.16. The minimum absolute atomic E-state index is 0.162. The summed E-state index contributed by atoms with van der Waals surface area (Å²) in [5.41, 5.74) is 3.04. The molecular weight excluding hydrogens is 402 g/mol. The molecule has 162 valence electrons. The number of nitrogens with zero attached hydrogens (tertiary/aromatic N) is 2. The lowest BCUT2D eigenvalue weighted by molar-refractivity contribution is 0.0940. The van der Waals surface area contributed by atoms with E-state index in [4.69, 9.17) is 9.47 Å². The molecule has 0 radical (unpaired) electrons. The van der Waals surface area contributed by atoms with Gasteiger partial charge < -0.3 is 14.8 Å². The number of rotatable bonds is 4. The predicted octanol–water partition coefficient (Wildman–Crippen LogP) is 4.89. The molecule has 0 bridgehead atoms. The number of aromatic nitrogens is 2. The van der Waals surface area contributed by atoms with Gasteiger partial charge in [0.05, 0.1) is 24.8 Å². The van der Waals surface area contributed by atoms with Crippen molar-refractivity contribution in [2.24, 2.45) is 7.05 Å². The number of ether oxygens (including phenoxy) is 2. The van der Waals surface area contributed by atoms with Crippen molar-refractivity contribution in [3.8, 4) is 22.8 Å². The first-order valence-electron chi connectivity index (χ1n) is 10.8. The van der Waals surface area contributed by atoms with Crippen molar-refractivity contribution in [2.45, 2.75) is 19.4 Å². The molecule has 1 aliphatic heterocycles. The minimum Gasteiger partial charge on any atom is -0.490 e. The number of amides is 1. The Bertz CT molecular complexity index is 1290. The molecule has 1 amide bonds. The van der Waals surface area contributed by atoms with Crippen LogP contribution in [0.4, 0.5) is 0 Å². The molecule has 0 fully saturated rings. The van der Waals surface area contributed by atoms with Gasteiger partial charge in [0.1, 0.15) is 5.69 Å². The van der Waals surface area contributed by atoms with Crippen LogP contribution in [-0.4, -0.2) is 28.9 Å². The molecule has 1 unspecified atom stereocenters. The third-order valence-corrected chi connectivity index (χ3v) is 5.73. The number of carbonyl (C=O) groups is 1. The summed E-state index contributed by atoms with van der Waals surface area (Å²) in [5, 5.41) is 10.0. The van der Waals surface area contributed by atoms with E-state index in [1.54, 1.807) is 10.9 Å². The van der Waals surface area contributed by atoms with E-state index in [1.165, 1.54) is 0 Å². The number of hydrogen-bond donors (Lipinski definition) is 1. The molecule has 0 aliphatic carbocycles. The van der Waals surface area contributed by atoms with Gasteiger partial charge in [0.15, 0.2) is 11.5 Å². The summed E-state index contributed by atoms with van der Waals surface area (Å²) in [6.45, 7) is 3.24. The lowest BCUT2D eigenvalue weighted by atomic mass is 9.99. The Kier molecular flexibility index (Phi) is 5.27. The van der Waals surface area contributed by atoms with Gasteiger partial charge in [-0.2, -0.15) is 5.10 Å². The van der Waals surface area contributed by atoms with Crippen molar-refractivity contribution >= 4 is 16.7 Å². The zero-order chi connectivity index (χ0) is 22.1. The van der Waals surface area contributed by atoms with E-state index in [-0.39, 0.29) is 11.9 Å². The number of benzene rings is 3. The lowest BCUT2D eigenvalue weighted by Crippen LogP contribution is -2.27. The number of nitrogens with one attached hydrogen (secondary N) is 1. The highest BCUT2D eigenvalue weighted by atomic mass is 16.5. The van der Waals surface area contributed by atoms with E-state index in [2.05, 4.69) is 34.7 Å². The first-order valence-corrected chi connectivity index (χ1v) is 10.8. The van der Waals surface area contributed by atoms with E-state index >= 15 is 0 Å². The topological polar surface area (TPSA) is 65.4 Å². The van der Waals surface area contributed by atoms with Crippen molar-refractivity contribution < 1.29 is 14.3 Å². The summed E-state index contributed by atoms with van der Waals surface area (Å²) in [6.07, 6.45) is 2.59. The second kappa shape index (κ2) is 8.38. The van der Waals surface area contributed by atoms with Crippen LogP contribution in [0.5, 0.6) is 11.5 Å². The van der Waals surface area contributed by atoms with Gasteiger partial charge in [-0.05, 0) is 41.5 Å². The smallest absolute Gasteiger partial charge is 0.255 e. The normalized spacial score (nSPS) is 14.1. The van der Waals surface area contributed by atoms with Crippen LogP contribution < -0.4 is 14.8 Å². The summed E-state index contributed by atoms with van der Waals surface area (Å²) >= 11 is 0. The molecule has 5 rings (SSSR count). The summed E-state index contributed by atoms with van der Waals surface area (Å²) < 4.78 is 13.2. The Labute approximate surface area is 186 Å². The molecule has 0 spiro atoms. The van der Waals surface area contributed by atoms with Crippen molar-refractivity contribution in [1.82, 2.24) is 15.1 Å². The predicted molar refractivity (Wildman–Crippen MR) is 124 cm³/mol. The number of carbonyl (C=O) groups excluding carboxylic acids is 1. The molecule has 0 saturated heterocycles. The van der Waals surface area contributed by atoms with Gasteiger partial charge in [-0.1, -0.05) is 42.5 Å². The maximum atomic E-state index is 13.3. The molecule has 1 atom stereocenters. The van der Waals surface area contributed by atoms with Crippen LogP contribution in [0, 0.1) is 0 Å². The van der Waals surface area contributed by atoms with Gasteiger partial charge in [-0.3, -0.25) is 9.48 Å². The average Bonchev–Trinajstić information content (AvgIpc) is 3.05. The highest BCUT2D eigenvalue weighted by Crippen LogP contribution is 2.35. The zero-order valence-electron chi connectivity index (χ0n) is 18.2. The Hall–Kier alpha value is -3.80.